The molecule has 0 amide bonds. The van der Waals surface area contributed by atoms with Gasteiger partial charge < -0.3 is 9.47 Å². The zero-order chi connectivity index (χ0) is 14.7. The van der Waals surface area contributed by atoms with E-state index in [1.54, 1.807) is 25.6 Å². The third-order valence-electron chi connectivity index (χ3n) is 3.09. The van der Waals surface area contributed by atoms with Crippen molar-refractivity contribution < 1.29 is 9.47 Å². The number of thiophene rings is 1. The van der Waals surface area contributed by atoms with E-state index in [0.717, 1.165) is 21.0 Å². The number of hydrazine groups is 1. The van der Waals surface area contributed by atoms with Crippen LogP contribution >= 0.6 is 22.9 Å². The Labute approximate surface area is 127 Å². The molecule has 6 heteroatoms. The molecule has 0 saturated carbocycles. The summed E-state index contributed by atoms with van der Waals surface area (Å²) in [5.74, 6) is 7.05. The minimum Gasteiger partial charge on any atom is -0.493 e. The van der Waals surface area contributed by atoms with E-state index in [9.17, 15) is 0 Å². The van der Waals surface area contributed by atoms with Crippen LogP contribution in [-0.4, -0.2) is 14.2 Å². The van der Waals surface area contributed by atoms with E-state index in [2.05, 4.69) is 5.43 Å². The lowest BCUT2D eigenvalue weighted by Gasteiger charge is -2.17. The summed E-state index contributed by atoms with van der Waals surface area (Å²) in [7, 11) is 3.21. The first kappa shape index (κ1) is 15.1. The third kappa shape index (κ3) is 2.76. The molecule has 1 unspecified atom stereocenters. The maximum Gasteiger partial charge on any atom is 0.161 e. The number of halogens is 1. The molecule has 1 atom stereocenters. The van der Waals surface area contributed by atoms with Crippen LogP contribution in [-0.2, 0) is 0 Å². The summed E-state index contributed by atoms with van der Waals surface area (Å²) in [5, 5.41) is 2.76. The average molecular weight is 313 g/mol. The van der Waals surface area contributed by atoms with E-state index in [0.29, 0.717) is 11.5 Å². The molecule has 3 N–H and O–H groups in total. The van der Waals surface area contributed by atoms with Crippen LogP contribution in [0.5, 0.6) is 11.5 Å². The number of benzene rings is 1. The van der Waals surface area contributed by atoms with Crippen LogP contribution in [0.4, 0.5) is 0 Å². The number of aryl methyl sites for hydroxylation is 1. The van der Waals surface area contributed by atoms with Gasteiger partial charge in [0.05, 0.1) is 25.3 Å². The monoisotopic (exact) mass is 312 g/mol. The van der Waals surface area contributed by atoms with Gasteiger partial charge >= 0.3 is 0 Å². The summed E-state index contributed by atoms with van der Waals surface area (Å²) in [6, 6.07) is 5.51. The lowest BCUT2D eigenvalue weighted by atomic mass is 10.0. The van der Waals surface area contributed by atoms with Crippen molar-refractivity contribution in [2.24, 2.45) is 5.84 Å². The Bertz CT molecular complexity index is 601. The van der Waals surface area contributed by atoms with Gasteiger partial charge in [-0.2, -0.15) is 0 Å². The predicted molar refractivity (Wildman–Crippen MR) is 82.8 cm³/mol. The first-order chi connectivity index (χ1) is 9.62. The van der Waals surface area contributed by atoms with E-state index < -0.39 is 0 Å². The summed E-state index contributed by atoms with van der Waals surface area (Å²) in [5.41, 5.74) is 4.82. The van der Waals surface area contributed by atoms with Crippen LogP contribution < -0.4 is 20.7 Å². The zero-order valence-corrected chi connectivity index (χ0v) is 13.1. The first-order valence-corrected chi connectivity index (χ1v) is 7.29. The normalized spacial score (nSPS) is 12.2. The van der Waals surface area contributed by atoms with Crippen LogP contribution in [0.2, 0.25) is 5.02 Å². The summed E-state index contributed by atoms with van der Waals surface area (Å²) in [4.78, 5) is 0.985. The van der Waals surface area contributed by atoms with E-state index in [4.69, 9.17) is 26.9 Å². The molecule has 2 rings (SSSR count). The smallest absolute Gasteiger partial charge is 0.161 e. The Morgan fingerprint density at radius 2 is 1.95 bits per heavy atom. The molecule has 1 aromatic heterocycles. The fourth-order valence-electron chi connectivity index (χ4n) is 2.00. The number of nitrogens with two attached hydrogens (primary N) is 1. The highest BCUT2D eigenvalue weighted by Crippen LogP contribution is 2.38. The van der Waals surface area contributed by atoms with Gasteiger partial charge in [-0.1, -0.05) is 17.7 Å². The fourth-order valence-corrected chi connectivity index (χ4v) is 3.39. The van der Waals surface area contributed by atoms with Crippen molar-refractivity contribution in [3.63, 3.8) is 0 Å². The van der Waals surface area contributed by atoms with Gasteiger partial charge in [0, 0.05) is 4.88 Å². The van der Waals surface area contributed by atoms with Crippen LogP contribution in [0, 0.1) is 6.92 Å². The maximum atomic E-state index is 6.32. The van der Waals surface area contributed by atoms with Crippen LogP contribution in [0.1, 0.15) is 22.0 Å². The molecule has 1 aromatic carbocycles. The molecule has 2 aromatic rings. The highest BCUT2D eigenvalue weighted by atomic mass is 35.5. The van der Waals surface area contributed by atoms with Gasteiger partial charge in [-0.25, -0.2) is 5.43 Å². The summed E-state index contributed by atoms with van der Waals surface area (Å²) in [6.07, 6.45) is 0. The highest BCUT2D eigenvalue weighted by Gasteiger charge is 2.20. The maximum absolute atomic E-state index is 6.32. The second-order valence-corrected chi connectivity index (χ2v) is 5.60. The largest absolute Gasteiger partial charge is 0.493 e. The summed E-state index contributed by atoms with van der Waals surface area (Å²) < 4.78 is 10.6. The van der Waals surface area contributed by atoms with Crippen molar-refractivity contribution in [2.75, 3.05) is 14.2 Å². The summed E-state index contributed by atoms with van der Waals surface area (Å²) in [6.45, 7) is 1.98. The number of hydrogen-bond acceptors (Lipinski definition) is 5. The van der Waals surface area contributed by atoms with Crippen LogP contribution in [0.25, 0.3) is 0 Å². The molecule has 0 aliphatic heterocycles. The molecular formula is C14H17ClN2O2S. The van der Waals surface area contributed by atoms with Crippen molar-refractivity contribution in [2.45, 2.75) is 13.0 Å². The lowest BCUT2D eigenvalue weighted by molar-refractivity contribution is 0.354. The van der Waals surface area contributed by atoms with Gasteiger partial charge in [0.2, 0.25) is 0 Å². The van der Waals surface area contributed by atoms with Crippen molar-refractivity contribution >= 4 is 22.9 Å². The molecule has 0 bridgehead atoms. The van der Waals surface area contributed by atoms with Crippen molar-refractivity contribution in [1.82, 2.24) is 5.43 Å². The Morgan fingerprint density at radius 3 is 2.45 bits per heavy atom. The zero-order valence-electron chi connectivity index (χ0n) is 11.6. The van der Waals surface area contributed by atoms with E-state index in [1.165, 1.54) is 0 Å². The van der Waals surface area contributed by atoms with Gasteiger partial charge in [-0.05, 0) is 35.6 Å². The Kier molecular flexibility index (Phi) is 4.88. The molecule has 0 saturated heterocycles. The molecule has 108 valence electrons. The van der Waals surface area contributed by atoms with Gasteiger partial charge in [0.25, 0.3) is 0 Å². The van der Waals surface area contributed by atoms with Crippen molar-refractivity contribution in [1.29, 1.82) is 0 Å². The second-order valence-electron chi connectivity index (χ2n) is 4.31. The van der Waals surface area contributed by atoms with Crippen LogP contribution in [0.3, 0.4) is 0 Å². The number of ether oxygens (including phenoxy) is 2. The minimum absolute atomic E-state index is 0.180. The lowest BCUT2D eigenvalue weighted by Crippen LogP contribution is -2.28. The SMILES string of the molecule is COc1ccc(C(NN)c2scc(C)c2Cl)cc1OC. The molecule has 0 radical (unpaired) electrons. The standard InChI is InChI=1S/C14H17ClN2O2S/c1-8-7-20-14(12(8)15)13(17-16)9-4-5-10(18-2)11(6-9)19-3/h4-7,13,17H,16H2,1-3H3. The Morgan fingerprint density at radius 1 is 1.25 bits per heavy atom. The third-order valence-corrected chi connectivity index (χ3v) is 4.87. The average Bonchev–Trinajstić information content (AvgIpc) is 2.80. The second kappa shape index (κ2) is 6.45. The fraction of sp³-hybridized carbons (Fsp3) is 0.286. The molecule has 20 heavy (non-hydrogen) atoms. The highest BCUT2D eigenvalue weighted by molar-refractivity contribution is 7.10. The Hall–Kier alpha value is -1.27. The molecule has 0 aliphatic rings. The van der Waals surface area contributed by atoms with Gasteiger partial charge in [0.1, 0.15) is 0 Å². The number of nitrogens with one attached hydrogen (secondary N) is 1. The van der Waals surface area contributed by atoms with Crippen molar-refractivity contribution in [3.05, 3.63) is 44.6 Å². The minimum atomic E-state index is -0.180. The van der Waals surface area contributed by atoms with Crippen molar-refractivity contribution in [3.8, 4) is 11.5 Å². The number of rotatable bonds is 5. The van der Waals surface area contributed by atoms with E-state index in [1.807, 2.05) is 30.5 Å². The molecule has 1 heterocycles. The number of methoxy groups -OCH3 is 2. The van der Waals surface area contributed by atoms with Crippen LogP contribution in [0.15, 0.2) is 23.6 Å². The molecular weight excluding hydrogens is 296 g/mol. The Balaban J connectivity index is 2.44. The topological polar surface area (TPSA) is 56.5 Å². The van der Waals surface area contributed by atoms with Gasteiger partial charge in [-0.15, -0.1) is 11.3 Å². The quantitative estimate of drug-likeness (QED) is 0.657. The van der Waals surface area contributed by atoms with Gasteiger partial charge in [0.15, 0.2) is 11.5 Å². The molecule has 0 fully saturated rings. The molecule has 4 nitrogen and oxygen atoms in total. The molecule has 0 aliphatic carbocycles. The van der Waals surface area contributed by atoms with E-state index in [-0.39, 0.29) is 6.04 Å². The first-order valence-electron chi connectivity index (χ1n) is 6.03. The van der Waals surface area contributed by atoms with Gasteiger partial charge in [-0.3, -0.25) is 5.84 Å². The summed E-state index contributed by atoms with van der Waals surface area (Å²) >= 11 is 7.90. The number of hydrogen-bond donors (Lipinski definition) is 2. The molecule has 0 spiro atoms. The van der Waals surface area contributed by atoms with E-state index >= 15 is 0 Å². The predicted octanol–water partition coefficient (Wildman–Crippen LogP) is 3.28.